The van der Waals surface area contributed by atoms with Crippen LogP contribution in [0.4, 0.5) is 13.2 Å². The Kier molecular flexibility index (Phi) is 7.37. The van der Waals surface area contributed by atoms with Crippen molar-refractivity contribution < 1.29 is 42.2 Å². The van der Waals surface area contributed by atoms with Gasteiger partial charge in [-0.15, -0.1) is 13.2 Å². The normalized spacial score (nSPS) is 28.4. The Balaban J connectivity index is 1.78. The van der Waals surface area contributed by atoms with Gasteiger partial charge in [-0.05, 0) is 51.4 Å². The van der Waals surface area contributed by atoms with Gasteiger partial charge in [0, 0.05) is 19.0 Å². The molecule has 0 spiro atoms. The molecular formula is C21H30F3N3O6. The Bertz CT molecular complexity index is 797. The molecule has 9 nitrogen and oxygen atoms in total. The lowest BCUT2D eigenvalue weighted by Gasteiger charge is -2.32. The first-order chi connectivity index (χ1) is 15.3. The van der Waals surface area contributed by atoms with Crippen LogP contribution < -0.4 is 10.6 Å². The molecule has 33 heavy (non-hydrogen) atoms. The first kappa shape index (κ1) is 25.4. The minimum atomic E-state index is -5.02. The molecule has 0 radical (unpaired) electrons. The summed E-state index contributed by atoms with van der Waals surface area (Å²) in [6.45, 7) is 1.99. The molecule has 3 rings (SSSR count). The number of halogens is 3. The third-order valence-electron chi connectivity index (χ3n) is 6.71. The molecule has 1 saturated carbocycles. The van der Waals surface area contributed by atoms with Crippen LogP contribution >= 0.6 is 0 Å². The predicted molar refractivity (Wildman–Crippen MR) is 107 cm³/mol. The molecule has 2 aliphatic heterocycles. The third-order valence-corrected chi connectivity index (χ3v) is 6.71. The second-order valence-electron chi connectivity index (χ2n) is 9.59. The number of amides is 3. The summed E-state index contributed by atoms with van der Waals surface area (Å²) in [6, 6.07) is -2.33. The van der Waals surface area contributed by atoms with E-state index in [-0.39, 0.29) is 30.7 Å². The van der Waals surface area contributed by atoms with E-state index < -0.39 is 54.2 Å². The van der Waals surface area contributed by atoms with Crippen LogP contribution in [0.3, 0.4) is 0 Å². The highest BCUT2D eigenvalue weighted by Crippen LogP contribution is 2.43. The fourth-order valence-electron chi connectivity index (χ4n) is 5.14. The molecule has 1 aliphatic carbocycles. The van der Waals surface area contributed by atoms with Crippen molar-refractivity contribution in [1.82, 2.24) is 15.5 Å². The molecule has 2 heterocycles. The number of nitrogens with one attached hydrogen (secondary N) is 2. The molecule has 4 unspecified atom stereocenters. The van der Waals surface area contributed by atoms with E-state index in [0.717, 1.165) is 12.8 Å². The third kappa shape index (κ3) is 6.03. The summed E-state index contributed by atoms with van der Waals surface area (Å²) in [5.74, 6) is -3.40. The van der Waals surface area contributed by atoms with Crippen molar-refractivity contribution in [3.63, 3.8) is 0 Å². The molecule has 3 aliphatic rings. The Morgan fingerprint density at radius 3 is 2.52 bits per heavy atom. The second kappa shape index (κ2) is 9.57. The van der Waals surface area contributed by atoms with Gasteiger partial charge in [-0.1, -0.05) is 6.42 Å². The number of hydrogen-bond acceptors (Lipinski definition) is 6. The number of alkyl halides is 3. The molecule has 12 heteroatoms. The Hall–Kier alpha value is -2.21. The van der Waals surface area contributed by atoms with Crippen molar-refractivity contribution in [1.29, 1.82) is 0 Å². The Morgan fingerprint density at radius 2 is 1.94 bits per heavy atom. The van der Waals surface area contributed by atoms with Gasteiger partial charge in [0.15, 0.2) is 5.78 Å². The predicted octanol–water partition coefficient (Wildman–Crippen LogP) is 0.501. The van der Waals surface area contributed by atoms with Crippen molar-refractivity contribution in [2.24, 2.45) is 17.8 Å². The number of nitrogens with zero attached hydrogens (tertiary/aromatic N) is 1. The van der Waals surface area contributed by atoms with Crippen LogP contribution in [0.1, 0.15) is 46.0 Å². The Morgan fingerprint density at radius 1 is 1.24 bits per heavy atom. The molecule has 5 atom stereocenters. The number of carbonyl (C=O) groups excluding carboxylic acids is 4. The van der Waals surface area contributed by atoms with Crippen molar-refractivity contribution >= 4 is 23.5 Å². The van der Waals surface area contributed by atoms with Crippen LogP contribution in [0.15, 0.2) is 0 Å². The van der Waals surface area contributed by atoms with Crippen LogP contribution in [0.25, 0.3) is 0 Å². The fraction of sp³-hybridized carbons (Fsp3) is 0.810. The van der Waals surface area contributed by atoms with Crippen molar-refractivity contribution in [3.8, 4) is 0 Å². The van der Waals surface area contributed by atoms with Crippen molar-refractivity contribution in [3.05, 3.63) is 0 Å². The van der Waals surface area contributed by atoms with Crippen LogP contribution in [0.2, 0.25) is 0 Å². The van der Waals surface area contributed by atoms with E-state index in [9.17, 15) is 37.5 Å². The molecule has 3 amide bonds. The van der Waals surface area contributed by atoms with E-state index in [1.165, 1.54) is 18.7 Å². The van der Waals surface area contributed by atoms with Gasteiger partial charge in [0.1, 0.15) is 18.2 Å². The highest BCUT2D eigenvalue weighted by Gasteiger charge is 2.52. The summed E-state index contributed by atoms with van der Waals surface area (Å²) in [7, 11) is 0. The van der Waals surface area contributed by atoms with Gasteiger partial charge in [-0.2, -0.15) is 0 Å². The standard InChI is InChI=1S/C21H30F3N3O6/c1-20(2,32)19(31)27-9-12-4-3-5-13(12)16(27)18(30)26-14(8-11-6-7-25-17(11)29)15(28)10-33-21(22,23)24/h11-14,16,32H,3-10H2,1-2H3,(H,25,29)(H,26,30)/t11?,12?,13?,14?,16-/m0/s1. The zero-order valence-corrected chi connectivity index (χ0v) is 18.6. The van der Waals surface area contributed by atoms with Crippen LogP contribution in [-0.2, 0) is 23.9 Å². The average Bonchev–Trinajstić information content (AvgIpc) is 3.39. The molecule has 3 fully saturated rings. The molecule has 0 aromatic heterocycles. The first-order valence-corrected chi connectivity index (χ1v) is 11.1. The molecule has 0 aromatic carbocycles. The molecular weight excluding hydrogens is 447 g/mol. The average molecular weight is 477 g/mol. The maximum atomic E-state index is 13.3. The monoisotopic (exact) mass is 477 g/mol. The quantitative estimate of drug-likeness (QED) is 0.468. The summed E-state index contributed by atoms with van der Waals surface area (Å²) in [5, 5.41) is 15.3. The number of hydrogen-bond donors (Lipinski definition) is 3. The van der Waals surface area contributed by atoms with Gasteiger partial charge in [0.25, 0.3) is 5.91 Å². The molecule has 0 aromatic rings. The van der Waals surface area contributed by atoms with Gasteiger partial charge < -0.3 is 20.6 Å². The summed E-state index contributed by atoms with van der Waals surface area (Å²) in [6.07, 6.45) is -2.44. The maximum absolute atomic E-state index is 13.3. The van der Waals surface area contributed by atoms with E-state index >= 15 is 0 Å². The molecule has 0 bridgehead atoms. The van der Waals surface area contributed by atoms with Gasteiger partial charge in [0.2, 0.25) is 11.8 Å². The van der Waals surface area contributed by atoms with E-state index in [2.05, 4.69) is 15.4 Å². The summed E-state index contributed by atoms with van der Waals surface area (Å²) in [4.78, 5) is 51.9. The number of aliphatic hydroxyl groups is 1. The summed E-state index contributed by atoms with van der Waals surface area (Å²) in [5.41, 5.74) is -1.71. The van der Waals surface area contributed by atoms with E-state index in [1.54, 1.807) is 0 Å². The summed E-state index contributed by atoms with van der Waals surface area (Å²) < 4.78 is 41.0. The first-order valence-electron chi connectivity index (χ1n) is 11.1. The lowest BCUT2D eigenvalue weighted by Crippen LogP contribution is -2.56. The van der Waals surface area contributed by atoms with Crippen LogP contribution in [-0.4, -0.2) is 77.3 Å². The Labute approximate surface area is 189 Å². The van der Waals surface area contributed by atoms with Crippen LogP contribution in [0.5, 0.6) is 0 Å². The zero-order chi connectivity index (χ0) is 24.6. The van der Waals surface area contributed by atoms with Crippen molar-refractivity contribution in [2.45, 2.75) is 70.0 Å². The highest BCUT2D eigenvalue weighted by molar-refractivity contribution is 5.95. The molecule has 186 valence electrons. The van der Waals surface area contributed by atoms with Gasteiger partial charge in [-0.3, -0.25) is 23.9 Å². The lowest BCUT2D eigenvalue weighted by molar-refractivity contribution is -0.321. The number of rotatable bonds is 8. The second-order valence-corrected chi connectivity index (χ2v) is 9.59. The smallest absolute Gasteiger partial charge is 0.381 e. The van der Waals surface area contributed by atoms with E-state index in [1.807, 2.05) is 0 Å². The number of fused-ring (bicyclic) bond motifs is 1. The van der Waals surface area contributed by atoms with Crippen LogP contribution in [0, 0.1) is 17.8 Å². The topological polar surface area (TPSA) is 125 Å². The largest absolute Gasteiger partial charge is 0.522 e. The number of ether oxygens (including phenoxy) is 1. The number of ketones is 1. The summed E-state index contributed by atoms with van der Waals surface area (Å²) >= 11 is 0. The van der Waals surface area contributed by atoms with Gasteiger partial charge in [-0.25, -0.2) is 0 Å². The lowest BCUT2D eigenvalue weighted by atomic mass is 9.91. The minimum Gasteiger partial charge on any atom is -0.381 e. The van der Waals surface area contributed by atoms with Gasteiger partial charge in [0.05, 0.1) is 6.04 Å². The van der Waals surface area contributed by atoms with Crippen molar-refractivity contribution in [2.75, 3.05) is 19.7 Å². The highest BCUT2D eigenvalue weighted by atomic mass is 19.4. The molecule has 2 saturated heterocycles. The molecule has 3 N–H and O–H groups in total. The number of likely N-dealkylation sites (tertiary alicyclic amines) is 1. The fourth-order valence-corrected chi connectivity index (χ4v) is 5.14. The maximum Gasteiger partial charge on any atom is 0.522 e. The van der Waals surface area contributed by atoms with E-state index in [4.69, 9.17) is 0 Å². The van der Waals surface area contributed by atoms with Gasteiger partial charge >= 0.3 is 6.36 Å². The minimum absolute atomic E-state index is 0.0652. The number of Topliss-reactive ketones (excluding diaryl/α,β-unsaturated/α-hetero) is 1. The zero-order valence-electron chi connectivity index (χ0n) is 18.6. The van der Waals surface area contributed by atoms with E-state index in [0.29, 0.717) is 19.4 Å². The number of carbonyl (C=O) groups is 4. The SMILES string of the molecule is CC(C)(O)C(=O)N1CC2CCCC2[C@H]1C(=O)NC(CC1CCNC1=O)C(=O)COC(F)(F)F.